The average Bonchev–Trinajstić information content (AvgIpc) is 2.13. The van der Waals surface area contributed by atoms with Gasteiger partial charge in [-0.1, -0.05) is 5.92 Å². The third-order valence-corrected chi connectivity index (χ3v) is 1.71. The van der Waals surface area contributed by atoms with E-state index in [0.717, 1.165) is 0 Å². The van der Waals surface area contributed by atoms with E-state index >= 15 is 0 Å². The van der Waals surface area contributed by atoms with Crippen molar-refractivity contribution in [3.05, 3.63) is 0 Å². The summed E-state index contributed by atoms with van der Waals surface area (Å²) >= 11 is 0. The minimum Gasteiger partial charge on any atom is -0.394 e. The molecular formula is C9H14F3NO2. The summed E-state index contributed by atoms with van der Waals surface area (Å²) in [6, 6.07) is 0. The molecule has 15 heavy (non-hydrogen) atoms. The van der Waals surface area contributed by atoms with Gasteiger partial charge < -0.3 is 10.2 Å². The Kier molecular flexibility index (Phi) is 6.32. The Morgan fingerprint density at radius 3 is 2.40 bits per heavy atom. The van der Waals surface area contributed by atoms with Crippen LogP contribution in [0.4, 0.5) is 13.2 Å². The molecule has 0 amide bonds. The third-order valence-electron chi connectivity index (χ3n) is 1.71. The van der Waals surface area contributed by atoms with Crippen molar-refractivity contribution in [1.29, 1.82) is 0 Å². The molecule has 0 radical (unpaired) electrons. The summed E-state index contributed by atoms with van der Waals surface area (Å²) in [6.07, 6.45) is -1.31. The van der Waals surface area contributed by atoms with Gasteiger partial charge >= 0.3 is 6.18 Å². The first-order valence-corrected chi connectivity index (χ1v) is 4.40. The molecule has 2 N–H and O–H groups in total. The van der Waals surface area contributed by atoms with E-state index in [0.29, 0.717) is 0 Å². The van der Waals surface area contributed by atoms with Gasteiger partial charge in [-0.15, -0.1) is 6.42 Å². The Bertz CT molecular complexity index is 212. The molecule has 0 aromatic carbocycles. The Morgan fingerprint density at radius 2 is 2.00 bits per heavy atom. The molecule has 1 atom stereocenters. The van der Waals surface area contributed by atoms with Crippen molar-refractivity contribution in [1.82, 2.24) is 4.90 Å². The van der Waals surface area contributed by atoms with Crippen molar-refractivity contribution in [3.8, 4) is 12.3 Å². The fourth-order valence-electron chi connectivity index (χ4n) is 1.00. The van der Waals surface area contributed by atoms with Crippen LogP contribution in [-0.2, 0) is 0 Å². The maximum absolute atomic E-state index is 11.9. The summed E-state index contributed by atoms with van der Waals surface area (Å²) in [5.74, 6) is 2.20. The number of nitrogens with zero attached hydrogens (tertiary/aromatic N) is 1. The second-order valence-electron chi connectivity index (χ2n) is 3.14. The molecule has 0 aliphatic carbocycles. The molecule has 6 heteroatoms. The van der Waals surface area contributed by atoms with E-state index in [1.807, 2.05) is 0 Å². The lowest BCUT2D eigenvalue weighted by Crippen LogP contribution is -2.36. The number of terminal acetylenes is 1. The van der Waals surface area contributed by atoms with Crippen molar-refractivity contribution in [3.63, 3.8) is 0 Å². The van der Waals surface area contributed by atoms with E-state index in [1.165, 1.54) is 4.90 Å². The van der Waals surface area contributed by atoms with E-state index < -0.39 is 25.3 Å². The predicted molar refractivity (Wildman–Crippen MR) is 49.0 cm³/mol. The number of hydrogen-bond donors (Lipinski definition) is 2. The molecule has 0 aromatic rings. The molecule has 0 bridgehead atoms. The molecule has 0 rings (SSSR count). The maximum atomic E-state index is 11.9. The molecule has 88 valence electrons. The van der Waals surface area contributed by atoms with E-state index in [9.17, 15) is 13.2 Å². The number of rotatable bonds is 6. The second kappa shape index (κ2) is 6.67. The molecule has 0 aliphatic rings. The largest absolute Gasteiger partial charge is 0.394 e. The molecule has 0 saturated carbocycles. The maximum Gasteiger partial charge on any atom is 0.390 e. The third kappa shape index (κ3) is 8.24. The zero-order valence-electron chi connectivity index (χ0n) is 8.17. The Morgan fingerprint density at radius 1 is 1.40 bits per heavy atom. The number of aliphatic hydroxyl groups excluding tert-OH is 2. The molecule has 3 nitrogen and oxygen atoms in total. The first kappa shape index (κ1) is 14.2. The van der Waals surface area contributed by atoms with Gasteiger partial charge in [-0.25, -0.2) is 0 Å². The number of hydrogen-bond acceptors (Lipinski definition) is 3. The highest BCUT2D eigenvalue weighted by Gasteiger charge is 2.27. The van der Waals surface area contributed by atoms with Crippen LogP contribution in [0.5, 0.6) is 0 Å². The van der Waals surface area contributed by atoms with Crippen LogP contribution >= 0.6 is 0 Å². The van der Waals surface area contributed by atoms with Gasteiger partial charge in [-0.3, -0.25) is 4.90 Å². The molecular weight excluding hydrogens is 211 g/mol. The molecule has 0 aromatic heterocycles. The number of alkyl halides is 3. The number of aliphatic hydroxyl groups is 2. The molecule has 0 aliphatic heterocycles. The smallest absolute Gasteiger partial charge is 0.390 e. The fraction of sp³-hybridized carbons (Fsp3) is 0.778. The van der Waals surface area contributed by atoms with Crippen LogP contribution < -0.4 is 0 Å². The summed E-state index contributed by atoms with van der Waals surface area (Å²) in [6.45, 7) is -0.804. The molecule has 0 spiro atoms. The van der Waals surface area contributed by atoms with Crippen LogP contribution in [0.2, 0.25) is 0 Å². The van der Waals surface area contributed by atoms with E-state index in [4.69, 9.17) is 16.6 Å². The van der Waals surface area contributed by atoms with Crippen LogP contribution in [0, 0.1) is 12.3 Å². The molecule has 0 fully saturated rings. The standard InChI is InChI=1S/C9H14F3NO2/c1-2-4-13(6-8(15)7-14)5-3-9(10,11)12/h1,8,14-15H,3-7H2/t8-/m0/s1. The predicted octanol–water partition coefficient (Wildman–Crippen LogP) is 0.227. The van der Waals surface area contributed by atoms with Gasteiger partial charge in [0.1, 0.15) is 0 Å². The van der Waals surface area contributed by atoms with Gasteiger partial charge in [0, 0.05) is 13.1 Å². The van der Waals surface area contributed by atoms with E-state index in [-0.39, 0.29) is 19.6 Å². The summed E-state index contributed by atoms with van der Waals surface area (Å²) in [5.41, 5.74) is 0. The minimum absolute atomic E-state index is 0.0210. The average molecular weight is 225 g/mol. The van der Waals surface area contributed by atoms with Crippen LogP contribution in [0.3, 0.4) is 0 Å². The summed E-state index contributed by atoms with van der Waals surface area (Å²) in [5, 5.41) is 17.6. The van der Waals surface area contributed by atoms with Gasteiger partial charge in [0.05, 0.1) is 25.7 Å². The van der Waals surface area contributed by atoms with Gasteiger partial charge in [-0.05, 0) is 0 Å². The second-order valence-corrected chi connectivity index (χ2v) is 3.14. The van der Waals surface area contributed by atoms with E-state index in [1.54, 1.807) is 0 Å². The number of halogens is 3. The zero-order chi connectivity index (χ0) is 11.9. The Balaban J connectivity index is 4.00. The SMILES string of the molecule is C#CCN(CCC(F)(F)F)C[C@H](O)CO. The van der Waals surface area contributed by atoms with Crippen LogP contribution in [-0.4, -0.2) is 53.6 Å². The Hall–Kier alpha value is -0.770. The van der Waals surface area contributed by atoms with Crippen LogP contribution in [0.25, 0.3) is 0 Å². The topological polar surface area (TPSA) is 43.7 Å². The molecule has 0 saturated heterocycles. The lowest BCUT2D eigenvalue weighted by atomic mass is 10.3. The zero-order valence-corrected chi connectivity index (χ0v) is 8.17. The van der Waals surface area contributed by atoms with Gasteiger partial charge in [-0.2, -0.15) is 13.2 Å². The van der Waals surface area contributed by atoms with Gasteiger partial charge in [0.2, 0.25) is 0 Å². The normalized spacial score (nSPS) is 13.9. The Labute approximate surface area is 86.5 Å². The fourth-order valence-corrected chi connectivity index (χ4v) is 1.00. The van der Waals surface area contributed by atoms with Gasteiger partial charge in [0.15, 0.2) is 0 Å². The van der Waals surface area contributed by atoms with Crippen molar-refractivity contribution in [2.24, 2.45) is 0 Å². The van der Waals surface area contributed by atoms with Crippen LogP contribution in [0.15, 0.2) is 0 Å². The quantitative estimate of drug-likeness (QED) is 0.636. The van der Waals surface area contributed by atoms with Crippen molar-refractivity contribution in [2.45, 2.75) is 18.7 Å². The van der Waals surface area contributed by atoms with Gasteiger partial charge in [0.25, 0.3) is 0 Å². The molecule has 0 unspecified atom stereocenters. The summed E-state index contributed by atoms with van der Waals surface area (Å²) in [7, 11) is 0. The lowest BCUT2D eigenvalue weighted by Gasteiger charge is -2.22. The first-order valence-electron chi connectivity index (χ1n) is 4.40. The van der Waals surface area contributed by atoms with Crippen molar-refractivity contribution >= 4 is 0 Å². The highest BCUT2D eigenvalue weighted by atomic mass is 19.4. The van der Waals surface area contributed by atoms with Crippen LogP contribution in [0.1, 0.15) is 6.42 Å². The monoisotopic (exact) mass is 225 g/mol. The van der Waals surface area contributed by atoms with E-state index in [2.05, 4.69) is 5.92 Å². The van der Waals surface area contributed by atoms with Crippen molar-refractivity contribution < 1.29 is 23.4 Å². The lowest BCUT2D eigenvalue weighted by molar-refractivity contribution is -0.138. The highest BCUT2D eigenvalue weighted by Crippen LogP contribution is 2.19. The first-order chi connectivity index (χ1) is 6.89. The summed E-state index contributed by atoms with van der Waals surface area (Å²) < 4.78 is 35.7. The highest BCUT2D eigenvalue weighted by molar-refractivity contribution is 4.88. The summed E-state index contributed by atoms with van der Waals surface area (Å²) in [4.78, 5) is 1.27. The minimum atomic E-state index is -4.24. The van der Waals surface area contributed by atoms with Crippen molar-refractivity contribution in [2.75, 3.05) is 26.2 Å². The molecule has 0 heterocycles.